The highest BCUT2D eigenvalue weighted by molar-refractivity contribution is 7.07. The van der Waals surface area contributed by atoms with Gasteiger partial charge in [-0.05, 0) is 53.4 Å². The summed E-state index contributed by atoms with van der Waals surface area (Å²) in [5.41, 5.74) is 1.91. The quantitative estimate of drug-likeness (QED) is 0.495. The molecule has 29 heavy (non-hydrogen) atoms. The van der Waals surface area contributed by atoms with Crippen LogP contribution >= 0.6 is 22.9 Å². The van der Waals surface area contributed by atoms with Crippen LogP contribution in [0.15, 0.2) is 40.0 Å². The normalized spacial score (nSPS) is 16.2. The van der Waals surface area contributed by atoms with Gasteiger partial charge < -0.3 is 15.4 Å². The number of likely N-dealkylation sites (tertiary alicyclic amines) is 1. The Balaban J connectivity index is 1.48. The lowest BCUT2D eigenvalue weighted by Crippen LogP contribution is -2.48. The third-order valence-electron chi connectivity index (χ3n) is 4.82. The van der Waals surface area contributed by atoms with Gasteiger partial charge in [0.25, 0.3) is 0 Å². The molecule has 1 aliphatic rings. The van der Waals surface area contributed by atoms with E-state index < -0.39 is 6.61 Å². The van der Waals surface area contributed by atoms with Gasteiger partial charge >= 0.3 is 6.61 Å². The van der Waals surface area contributed by atoms with Gasteiger partial charge in [0.2, 0.25) is 0 Å². The van der Waals surface area contributed by atoms with E-state index >= 15 is 0 Å². The predicted molar refractivity (Wildman–Crippen MR) is 114 cm³/mol. The molecule has 0 amide bonds. The molecule has 2 heterocycles. The smallest absolute Gasteiger partial charge is 0.387 e. The van der Waals surface area contributed by atoms with E-state index in [1.807, 2.05) is 0 Å². The van der Waals surface area contributed by atoms with Crippen LogP contribution in [0, 0.1) is 0 Å². The highest BCUT2D eigenvalue weighted by Crippen LogP contribution is 2.24. The molecule has 0 spiro atoms. The molecule has 5 nitrogen and oxygen atoms in total. The van der Waals surface area contributed by atoms with E-state index in [0.29, 0.717) is 22.6 Å². The maximum Gasteiger partial charge on any atom is 0.387 e. The summed E-state index contributed by atoms with van der Waals surface area (Å²) in [6.45, 7) is 0.423. The number of rotatable bonds is 7. The van der Waals surface area contributed by atoms with E-state index in [1.54, 1.807) is 24.5 Å². The topological polar surface area (TPSA) is 48.9 Å². The van der Waals surface area contributed by atoms with Gasteiger partial charge in [-0.1, -0.05) is 11.6 Å². The molecule has 0 bridgehead atoms. The predicted octanol–water partition coefficient (Wildman–Crippen LogP) is 4.33. The molecule has 2 N–H and O–H groups in total. The van der Waals surface area contributed by atoms with Crippen LogP contribution in [0.2, 0.25) is 5.02 Å². The van der Waals surface area contributed by atoms with Gasteiger partial charge in [-0.25, -0.2) is 0 Å². The summed E-state index contributed by atoms with van der Waals surface area (Å²) in [5.74, 6) is 0.735. The van der Waals surface area contributed by atoms with E-state index in [2.05, 4.69) is 42.1 Å². The molecule has 0 saturated carbocycles. The number of aliphatic imine (C=N–C) groups is 1. The Morgan fingerprint density at radius 3 is 2.79 bits per heavy atom. The van der Waals surface area contributed by atoms with Crippen molar-refractivity contribution in [2.45, 2.75) is 38.6 Å². The first-order valence-corrected chi connectivity index (χ1v) is 10.8. The molecular weight excluding hydrogens is 418 g/mol. The molecule has 1 aromatic heterocycles. The van der Waals surface area contributed by atoms with Crippen LogP contribution in [0.5, 0.6) is 5.75 Å². The van der Waals surface area contributed by atoms with Crippen LogP contribution in [0.1, 0.15) is 24.0 Å². The highest BCUT2D eigenvalue weighted by atomic mass is 35.5. The zero-order valence-corrected chi connectivity index (χ0v) is 17.8. The Bertz CT molecular complexity index is 796. The van der Waals surface area contributed by atoms with Crippen molar-refractivity contribution in [1.29, 1.82) is 0 Å². The average molecular weight is 443 g/mol. The average Bonchev–Trinajstić information content (AvgIpc) is 3.21. The van der Waals surface area contributed by atoms with Crippen molar-refractivity contribution in [2.75, 3.05) is 20.1 Å². The second-order valence-electron chi connectivity index (χ2n) is 6.88. The van der Waals surface area contributed by atoms with Gasteiger partial charge in [-0.15, -0.1) is 0 Å². The molecule has 1 aromatic carbocycles. The minimum absolute atomic E-state index is 0.106. The van der Waals surface area contributed by atoms with Crippen molar-refractivity contribution >= 4 is 28.9 Å². The third kappa shape index (κ3) is 6.83. The number of thiophene rings is 1. The zero-order valence-electron chi connectivity index (χ0n) is 16.2. The molecule has 3 rings (SSSR count). The van der Waals surface area contributed by atoms with Crippen LogP contribution in [-0.2, 0) is 13.1 Å². The Hall–Kier alpha value is -1.90. The number of piperidine rings is 1. The summed E-state index contributed by atoms with van der Waals surface area (Å²) in [4.78, 5) is 6.71. The first-order valence-electron chi connectivity index (χ1n) is 9.47. The summed E-state index contributed by atoms with van der Waals surface area (Å²) < 4.78 is 29.8. The van der Waals surface area contributed by atoms with Gasteiger partial charge in [0, 0.05) is 49.9 Å². The largest absolute Gasteiger partial charge is 0.434 e. The molecule has 0 aliphatic carbocycles. The van der Waals surface area contributed by atoms with Crippen LogP contribution in [-0.4, -0.2) is 43.6 Å². The maximum atomic E-state index is 12.6. The van der Waals surface area contributed by atoms with Crippen molar-refractivity contribution in [1.82, 2.24) is 15.5 Å². The Labute approximate surface area is 178 Å². The van der Waals surface area contributed by atoms with Crippen molar-refractivity contribution in [3.05, 3.63) is 51.2 Å². The minimum atomic E-state index is -2.88. The molecular formula is C20H25ClF2N4OS. The molecule has 1 aliphatic heterocycles. The van der Waals surface area contributed by atoms with Gasteiger partial charge in [0.05, 0.1) is 0 Å². The third-order valence-corrected chi connectivity index (χ3v) is 5.79. The number of halogens is 3. The summed E-state index contributed by atoms with van der Waals surface area (Å²) >= 11 is 7.73. The van der Waals surface area contributed by atoms with Gasteiger partial charge in [-0.2, -0.15) is 20.1 Å². The van der Waals surface area contributed by atoms with E-state index in [4.69, 9.17) is 11.6 Å². The van der Waals surface area contributed by atoms with Gasteiger partial charge in [0.15, 0.2) is 5.96 Å². The fourth-order valence-electron chi connectivity index (χ4n) is 3.34. The van der Waals surface area contributed by atoms with Gasteiger partial charge in [-0.3, -0.25) is 9.89 Å². The lowest BCUT2D eigenvalue weighted by atomic mass is 10.0. The summed E-state index contributed by atoms with van der Waals surface area (Å²) in [7, 11) is 1.69. The monoisotopic (exact) mass is 442 g/mol. The summed E-state index contributed by atoms with van der Waals surface area (Å²) in [5, 5.41) is 11.3. The van der Waals surface area contributed by atoms with E-state index in [9.17, 15) is 8.78 Å². The SMILES string of the molecule is CN=C(NCc1cc(Cl)ccc1OC(F)F)NC1CCN(Cc2ccsc2)CC1. The van der Waals surface area contributed by atoms with Crippen LogP contribution in [0.3, 0.4) is 0 Å². The molecule has 0 radical (unpaired) electrons. The molecule has 1 fully saturated rings. The number of hydrogen-bond acceptors (Lipinski definition) is 4. The first-order chi connectivity index (χ1) is 14.0. The second kappa shape index (κ2) is 10.8. The molecule has 0 atom stereocenters. The number of hydrogen-bond donors (Lipinski definition) is 2. The summed E-state index contributed by atoms with van der Waals surface area (Å²) in [6, 6.07) is 7.08. The first kappa shape index (κ1) is 21.8. The Morgan fingerprint density at radius 2 is 2.14 bits per heavy atom. The van der Waals surface area contributed by atoms with Crippen LogP contribution < -0.4 is 15.4 Å². The molecule has 0 unspecified atom stereocenters. The highest BCUT2D eigenvalue weighted by Gasteiger charge is 2.20. The molecule has 1 saturated heterocycles. The number of benzene rings is 1. The standard InChI is InChI=1S/C20H25ClF2N4OS/c1-24-20(25-11-15-10-16(21)2-3-18(15)28-19(22)23)26-17-4-7-27(8-5-17)12-14-6-9-29-13-14/h2-3,6,9-10,13,17,19H,4-5,7-8,11-12H2,1H3,(H2,24,25,26). The number of alkyl halides is 2. The van der Waals surface area contributed by atoms with Crippen molar-refractivity contribution in [3.8, 4) is 5.75 Å². The lowest BCUT2D eigenvalue weighted by Gasteiger charge is -2.33. The van der Waals surface area contributed by atoms with E-state index in [1.165, 1.54) is 17.7 Å². The van der Waals surface area contributed by atoms with E-state index in [-0.39, 0.29) is 12.3 Å². The number of nitrogens with zero attached hydrogens (tertiary/aromatic N) is 2. The number of nitrogens with one attached hydrogen (secondary N) is 2. The van der Waals surface area contributed by atoms with Crippen molar-refractivity contribution in [3.63, 3.8) is 0 Å². The number of ether oxygens (including phenoxy) is 1. The van der Waals surface area contributed by atoms with E-state index in [0.717, 1.165) is 32.5 Å². The number of guanidine groups is 1. The van der Waals surface area contributed by atoms with Crippen molar-refractivity contribution in [2.24, 2.45) is 4.99 Å². The molecule has 158 valence electrons. The lowest BCUT2D eigenvalue weighted by molar-refractivity contribution is -0.0504. The molecule has 2 aromatic rings. The zero-order chi connectivity index (χ0) is 20.6. The van der Waals surface area contributed by atoms with Crippen molar-refractivity contribution < 1.29 is 13.5 Å². The molecule has 9 heteroatoms. The van der Waals surface area contributed by atoms with Crippen LogP contribution in [0.4, 0.5) is 8.78 Å². The maximum absolute atomic E-state index is 12.6. The Kier molecular flexibility index (Phi) is 8.09. The summed E-state index contributed by atoms with van der Waals surface area (Å²) in [6.07, 6.45) is 2.03. The fraction of sp³-hybridized carbons (Fsp3) is 0.450. The second-order valence-corrected chi connectivity index (χ2v) is 8.10. The van der Waals surface area contributed by atoms with Crippen LogP contribution in [0.25, 0.3) is 0 Å². The van der Waals surface area contributed by atoms with Gasteiger partial charge in [0.1, 0.15) is 5.75 Å². The fourth-order valence-corrected chi connectivity index (χ4v) is 4.19. The Morgan fingerprint density at radius 1 is 1.34 bits per heavy atom. The minimum Gasteiger partial charge on any atom is -0.434 e.